The molecule has 154 valence electrons. The number of hydrogen-bond donors (Lipinski definition) is 2. The Labute approximate surface area is 179 Å². The van der Waals surface area contributed by atoms with Crippen LogP contribution < -0.4 is 15.4 Å². The third-order valence-corrected chi connectivity index (χ3v) is 5.44. The average molecular weight is 422 g/mol. The van der Waals surface area contributed by atoms with Crippen LogP contribution in [0, 0.1) is 5.92 Å². The van der Waals surface area contributed by atoms with Gasteiger partial charge in [-0.3, -0.25) is 9.59 Å². The first-order valence-electron chi connectivity index (χ1n) is 9.93. The number of aromatic nitrogens is 1. The zero-order valence-electron chi connectivity index (χ0n) is 16.8. The van der Waals surface area contributed by atoms with Crippen LogP contribution in [-0.4, -0.2) is 22.9 Å². The average Bonchev–Trinajstić information content (AvgIpc) is 3.45. The lowest BCUT2D eigenvalue weighted by Gasteiger charge is -2.09. The maximum Gasteiger partial charge on any atom is 0.275 e. The third kappa shape index (κ3) is 5.04. The maximum atomic E-state index is 12.6. The van der Waals surface area contributed by atoms with Crippen LogP contribution in [0.15, 0.2) is 53.9 Å². The van der Waals surface area contributed by atoms with E-state index >= 15 is 0 Å². The highest BCUT2D eigenvalue weighted by atomic mass is 32.1. The molecule has 1 aliphatic rings. The third-order valence-electron chi connectivity index (χ3n) is 4.55. The Morgan fingerprint density at radius 3 is 2.43 bits per heavy atom. The summed E-state index contributed by atoms with van der Waals surface area (Å²) in [6.07, 6.45) is 2.01. The summed E-state index contributed by atoms with van der Waals surface area (Å²) in [4.78, 5) is 29.0. The van der Waals surface area contributed by atoms with E-state index in [-0.39, 0.29) is 23.8 Å². The summed E-state index contributed by atoms with van der Waals surface area (Å²) in [5, 5.41) is 8.23. The molecule has 4 rings (SSSR count). The van der Waals surface area contributed by atoms with Gasteiger partial charge in [0.05, 0.1) is 6.10 Å². The van der Waals surface area contributed by atoms with E-state index in [0.717, 1.165) is 29.2 Å². The molecule has 1 aliphatic carbocycles. The minimum Gasteiger partial charge on any atom is -0.491 e. The van der Waals surface area contributed by atoms with E-state index in [4.69, 9.17) is 4.74 Å². The molecule has 30 heavy (non-hydrogen) atoms. The fourth-order valence-electron chi connectivity index (χ4n) is 2.92. The number of rotatable bonds is 7. The van der Waals surface area contributed by atoms with Crippen LogP contribution in [0.25, 0.3) is 10.6 Å². The molecule has 1 saturated carbocycles. The van der Waals surface area contributed by atoms with Crippen LogP contribution in [0.4, 0.5) is 11.4 Å². The van der Waals surface area contributed by atoms with Gasteiger partial charge in [-0.2, -0.15) is 0 Å². The summed E-state index contributed by atoms with van der Waals surface area (Å²) in [5.74, 6) is 0.676. The molecule has 0 atom stereocenters. The van der Waals surface area contributed by atoms with E-state index in [1.54, 1.807) is 23.6 Å². The number of nitrogens with one attached hydrogen (secondary N) is 2. The standard InChI is InChI=1S/C23H23N3O3S/c1-14(2)29-19-10-8-16(9-11-19)23-26-20(13-30-23)22(28)25-18-5-3-4-17(12-18)24-21(27)15-6-7-15/h3-5,8-15H,6-7H2,1-2H3,(H,24,27)(H,25,28). The quantitative estimate of drug-likeness (QED) is 0.550. The fraction of sp³-hybridized carbons (Fsp3) is 0.261. The number of nitrogens with zero attached hydrogens (tertiary/aromatic N) is 1. The van der Waals surface area contributed by atoms with E-state index < -0.39 is 0 Å². The summed E-state index contributed by atoms with van der Waals surface area (Å²) < 4.78 is 5.66. The highest BCUT2D eigenvalue weighted by molar-refractivity contribution is 7.13. The number of carbonyl (C=O) groups excluding carboxylic acids is 2. The number of anilines is 2. The van der Waals surface area contributed by atoms with Crippen molar-refractivity contribution < 1.29 is 14.3 Å². The zero-order chi connectivity index (χ0) is 21.1. The maximum absolute atomic E-state index is 12.6. The van der Waals surface area contributed by atoms with Gasteiger partial charge in [0.2, 0.25) is 5.91 Å². The van der Waals surface area contributed by atoms with E-state index in [9.17, 15) is 9.59 Å². The van der Waals surface area contributed by atoms with Crippen LogP contribution >= 0.6 is 11.3 Å². The van der Waals surface area contributed by atoms with Gasteiger partial charge in [0, 0.05) is 28.2 Å². The predicted octanol–water partition coefficient (Wildman–Crippen LogP) is 5.20. The Bertz CT molecular complexity index is 1060. The van der Waals surface area contributed by atoms with Crippen LogP contribution in [-0.2, 0) is 4.79 Å². The molecule has 0 spiro atoms. The summed E-state index contributed by atoms with van der Waals surface area (Å²) >= 11 is 1.41. The van der Waals surface area contributed by atoms with Crippen molar-refractivity contribution in [3.63, 3.8) is 0 Å². The molecule has 2 aromatic carbocycles. The molecule has 1 heterocycles. The first-order chi connectivity index (χ1) is 14.5. The minimum atomic E-state index is -0.289. The number of amides is 2. The summed E-state index contributed by atoms with van der Waals surface area (Å²) in [6.45, 7) is 3.96. The highest BCUT2D eigenvalue weighted by Gasteiger charge is 2.29. The SMILES string of the molecule is CC(C)Oc1ccc(-c2nc(C(=O)Nc3cccc(NC(=O)C4CC4)c3)cs2)cc1. The lowest BCUT2D eigenvalue weighted by Crippen LogP contribution is -2.15. The number of benzene rings is 2. The van der Waals surface area contributed by atoms with Crippen molar-refractivity contribution in [3.05, 3.63) is 59.6 Å². The Balaban J connectivity index is 1.41. The number of thiazole rings is 1. The predicted molar refractivity (Wildman–Crippen MR) is 119 cm³/mol. The topological polar surface area (TPSA) is 80.3 Å². The minimum absolute atomic E-state index is 0.0347. The van der Waals surface area contributed by atoms with Gasteiger partial charge in [-0.15, -0.1) is 11.3 Å². The van der Waals surface area contributed by atoms with Gasteiger partial charge in [0.25, 0.3) is 5.91 Å². The molecule has 7 heteroatoms. The molecular weight excluding hydrogens is 398 g/mol. The van der Waals surface area contributed by atoms with Gasteiger partial charge in [-0.1, -0.05) is 6.07 Å². The van der Waals surface area contributed by atoms with Crippen molar-refractivity contribution in [3.8, 4) is 16.3 Å². The molecular formula is C23H23N3O3S. The normalized spacial score (nSPS) is 13.2. The Morgan fingerprint density at radius 2 is 1.77 bits per heavy atom. The van der Waals surface area contributed by atoms with Gasteiger partial charge in [0.15, 0.2) is 0 Å². The molecule has 0 radical (unpaired) electrons. The van der Waals surface area contributed by atoms with Crippen molar-refractivity contribution in [2.24, 2.45) is 5.92 Å². The van der Waals surface area contributed by atoms with Crippen molar-refractivity contribution in [2.75, 3.05) is 10.6 Å². The van der Waals surface area contributed by atoms with E-state index in [1.165, 1.54) is 11.3 Å². The van der Waals surface area contributed by atoms with Crippen LogP contribution in [0.1, 0.15) is 37.2 Å². The molecule has 6 nitrogen and oxygen atoms in total. The second-order valence-electron chi connectivity index (χ2n) is 7.53. The lowest BCUT2D eigenvalue weighted by molar-refractivity contribution is -0.117. The van der Waals surface area contributed by atoms with Gasteiger partial charge in [0.1, 0.15) is 16.5 Å². The van der Waals surface area contributed by atoms with Crippen LogP contribution in [0.3, 0.4) is 0 Å². The molecule has 2 amide bonds. The highest BCUT2D eigenvalue weighted by Crippen LogP contribution is 2.30. The second kappa shape index (κ2) is 8.67. The van der Waals surface area contributed by atoms with Crippen molar-refractivity contribution in [2.45, 2.75) is 32.8 Å². The van der Waals surface area contributed by atoms with Crippen LogP contribution in [0.5, 0.6) is 5.75 Å². The molecule has 1 fully saturated rings. The molecule has 0 saturated heterocycles. The van der Waals surface area contributed by atoms with E-state index in [1.807, 2.05) is 44.2 Å². The van der Waals surface area contributed by atoms with Gasteiger partial charge in [-0.05, 0) is 69.2 Å². The molecule has 0 unspecified atom stereocenters. The van der Waals surface area contributed by atoms with E-state index in [2.05, 4.69) is 15.6 Å². The Hall–Kier alpha value is -3.19. The fourth-order valence-corrected chi connectivity index (χ4v) is 3.72. The monoisotopic (exact) mass is 421 g/mol. The summed E-state index contributed by atoms with van der Waals surface area (Å²) in [6, 6.07) is 14.8. The molecule has 1 aromatic heterocycles. The van der Waals surface area contributed by atoms with Gasteiger partial charge < -0.3 is 15.4 Å². The lowest BCUT2D eigenvalue weighted by atomic mass is 10.2. The first kappa shape index (κ1) is 20.1. The number of hydrogen-bond acceptors (Lipinski definition) is 5. The first-order valence-corrected chi connectivity index (χ1v) is 10.8. The molecule has 0 aliphatic heterocycles. The number of ether oxygens (including phenoxy) is 1. The number of carbonyl (C=O) groups is 2. The van der Waals surface area contributed by atoms with Crippen LogP contribution in [0.2, 0.25) is 0 Å². The second-order valence-corrected chi connectivity index (χ2v) is 8.39. The van der Waals surface area contributed by atoms with Gasteiger partial charge in [-0.25, -0.2) is 4.98 Å². The molecule has 0 bridgehead atoms. The largest absolute Gasteiger partial charge is 0.491 e. The Kier molecular flexibility index (Phi) is 5.81. The molecule has 2 N–H and O–H groups in total. The van der Waals surface area contributed by atoms with E-state index in [0.29, 0.717) is 17.1 Å². The summed E-state index contributed by atoms with van der Waals surface area (Å²) in [5.41, 5.74) is 2.57. The smallest absolute Gasteiger partial charge is 0.275 e. The summed E-state index contributed by atoms with van der Waals surface area (Å²) in [7, 11) is 0. The zero-order valence-corrected chi connectivity index (χ0v) is 17.7. The van der Waals surface area contributed by atoms with Crippen molar-refractivity contribution >= 4 is 34.5 Å². The molecule has 3 aromatic rings. The van der Waals surface area contributed by atoms with Gasteiger partial charge >= 0.3 is 0 Å². The van der Waals surface area contributed by atoms with Crippen molar-refractivity contribution in [1.82, 2.24) is 4.98 Å². The Morgan fingerprint density at radius 1 is 1.07 bits per heavy atom. The van der Waals surface area contributed by atoms with Crippen molar-refractivity contribution in [1.29, 1.82) is 0 Å².